The van der Waals surface area contributed by atoms with Crippen molar-refractivity contribution < 1.29 is 18.3 Å². The second-order valence-corrected chi connectivity index (χ2v) is 7.16. The van der Waals surface area contributed by atoms with Crippen LogP contribution in [-0.4, -0.2) is 7.11 Å². The SMILES string of the molecule is COc1ccc(C2(c3ccco3)C=Cc3c(C)cc4ccccc4c3O2)cc1F. The molecular weight excluding hydrogens is 367 g/mol. The normalized spacial score (nSPS) is 17.8. The van der Waals surface area contributed by atoms with E-state index in [1.54, 1.807) is 24.5 Å². The molecule has 0 saturated heterocycles. The van der Waals surface area contributed by atoms with Crippen LogP contribution in [0.1, 0.15) is 22.5 Å². The average molecular weight is 386 g/mol. The molecular formula is C25H19FO3. The molecule has 29 heavy (non-hydrogen) atoms. The molecule has 1 unspecified atom stereocenters. The van der Waals surface area contributed by atoms with Gasteiger partial charge in [-0.3, -0.25) is 0 Å². The highest BCUT2D eigenvalue weighted by Gasteiger charge is 2.41. The first kappa shape index (κ1) is 17.6. The zero-order valence-electron chi connectivity index (χ0n) is 16.1. The fourth-order valence-electron chi connectivity index (χ4n) is 3.99. The largest absolute Gasteiger partial charge is 0.494 e. The smallest absolute Gasteiger partial charge is 0.210 e. The van der Waals surface area contributed by atoms with Crippen molar-refractivity contribution in [2.24, 2.45) is 0 Å². The number of fused-ring (bicyclic) bond motifs is 3. The number of benzene rings is 3. The summed E-state index contributed by atoms with van der Waals surface area (Å²) >= 11 is 0. The molecule has 1 aromatic heterocycles. The minimum Gasteiger partial charge on any atom is -0.494 e. The van der Waals surface area contributed by atoms with Crippen molar-refractivity contribution in [1.29, 1.82) is 0 Å². The Kier molecular flexibility index (Phi) is 3.95. The van der Waals surface area contributed by atoms with Crippen molar-refractivity contribution in [1.82, 2.24) is 0 Å². The van der Waals surface area contributed by atoms with Crippen molar-refractivity contribution >= 4 is 16.8 Å². The summed E-state index contributed by atoms with van der Waals surface area (Å²) in [5.74, 6) is 1.07. The van der Waals surface area contributed by atoms with Crippen LogP contribution in [0.15, 0.2) is 77.4 Å². The minimum absolute atomic E-state index is 0.185. The quantitative estimate of drug-likeness (QED) is 0.418. The Morgan fingerprint density at radius 3 is 2.62 bits per heavy atom. The summed E-state index contributed by atoms with van der Waals surface area (Å²) in [7, 11) is 1.45. The molecule has 4 aromatic rings. The predicted molar refractivity (Wildman–Crippen MR) is 111 cm³/mol. The number of rotatable bonds is 3. The van der Waals surface area contributed by atoms with Crippen LogP contribution < -0.4 is 9.47 Å². The third-order valence-corrected chi connectivity index (χ3v) is 5.46. The van der Waals surface area contributed by atoms with Gasteiger partial charge in [0, 0.05) is 16.5 Å². The van der Waals surface area contributed by atoms with Crippen molar-refractivity contribution in [3.63, 3.8) is 0 Å². The van der Waals surface area contributed by atoms with Crippen LogP contribution in [-0.2, 0) is 5.60 Å². The van der Waals surface area contributed by atoms with Crippen molar-refractivity contribution in [3.8, 4) is 11.5 Å². The molecule has 4 heteroatoms. The molecule has 144 valence electrons. The lowest BCUT2D eigenvalue weighted by atomic mass is 9.86. The second kappa shape index (κ2) is 6.52. The van der Waals surface area contributed by atoms with Gasteiger partial charge in [-0.05, 0) is 48.2 Å². The monoisotopic (exact) mass is 386 g/mol. The maximum absolute atomic E-state index is 14.6. The van der Waals surface area contributed by atoms with Crippen LogP contribution in [0.25, 0.3) is 16.8 Å². The second-order valence-electron chi connectivity index (χ2n) is 7.16. The molecule has 0 aliphatic carbocycles. The summed E-state index contributed by atoms with van der Waals surface area (Å²) in [5, 5.41) is 2.09. The van der Waals surface area contributed by atoms with Crippen molar-refractivity contribution in [2.45, 2.75) is 12.5 Å². The van der Waals surface area contributed by atoms with Crippen molar-refractivity contribution in [2.75, 3.05) is 7.11 Å². The standard InChI is InChI=1S/C25H19FO3/c1-16-14-17-6-3-4-7-20(17)24-19(16)11-12-25(29-24,23-8-5-13-28-23)18-9-10-22(27-2)21(26)15-18/h3-15H,1-2H3. The zero-order valence-corrected chi connectivity index (χ0v) is 16.1. The van der Waals surface area contributed by atoms with Gasteiger partial charge in [-0.25, -0.2) is 4.39 Å². The lowest BCUT2D eigenvalue weighted by Crippen LogP contribution is -2.34. The Morgan fingerprint density at radius 1 is 1.00 bits per heavy atom. The maximum atomic E-state index is 14.6. The summed E-state index contributed by atoms with van der Waals surface area (Å²) in [6, 6.07) is 18.7. The Bertz CT molecular complexity index is 1240. The lowest BCUT2D eigenvalue weighted by molar-refractivity contribution is 0.134. The van der Waals surface area contributed by atoms with Crippen LogP contribution in [0, 0.1) is 12.7 Å². The van der Waals surface area contributed by atoms with Crippen LogP contribution >= 0.6 is 0 Å². The summed E-state index contributed by atoms with van der Waals surface area (Å²) < 4.78 is 32.1. The van der Waals surface area contributed by atoms with Gasteiger partial charge >= 0.3 is 0 Å². The van der Waals surface area contributed by atoms with Crippen molar-refractivity contribution in [3.05, 3.63) is 101 Å². The van der Waals surface area contributed by atoms with Crippen LogP contribution in [0.4, 0.5) is 4.39 Å². The van der Waals surface area contributed by atoms with Gasteiger partial charge in [0.05, 0.1) is 13.4 Å². The fraction of sp³-hybridized carbons (Fsp3) is 0.120. The number of ether oxygens (including phenoxy) is 2. The van der Waals surface area contributed by atoms with E-state index in [1.807, 2.05) is 36.4 Å². The van der Waals surface area contributed by atoms with Gasteiger partial charge in [-0.1, -0.05) is 42.5 Å². The predicted octanol–water partition coefficient (Wildman–Crippen LogP) is 6.24. The van der Waals surface area contributed by atoms with Gasteiger partial charge in [0.2, 0.25) is 5.60 Å². The molecule has 1 atom stereocenters. The molecule has 5 rings (SSSR count). The minimum atomic E-state index is -1.08. The van der Waals surface area contributed by atoms with E-state index in [4.69, 9.17) is 13.9 Å². The molecule has 1 aliphatic heterocycles. The van der Waals surface area contributed by atoms with Crippen LogP contribution in [0.2, 0.25) is 0 Å². The van der Waals surface area contributed by atoms with Gasteiger partial charge in [0.1, 0.15) is 5.75 Å². The first-order chi connectivity index (χ1) is 14.1. The van der Waals surface area contributed by atoms with Crippen LogP contribution in [0.5, 0.6) is 11.5 Å². The summed E-state index contributed by atoms with van der Waals surface area (Å²) in [6.07, 6.45) is 5.56. The topological polar surface area (TPSA) is 31.6 Å². The molecule has 0 bridgehead atoms. The highest BCUT2D eigenvalue weighted by Crippen LogP contribution is 2.46. The van der Waals surface area contributed by atoms with Gasteiger partial charge in [-0.15, -0.1) is 0 Å². The third-order valence-electron chi connectivity index (χ3n) is 5.46. The van der Waals surface area contributed by atoms with E-state index >= 15 is 0 Å². The number of methoxy groups -OCH3 is 1. The molecule has 3 nitrogen and oxygen atoms in total. The van der Waals surface area contributed by atoms with E-state index in [0.29, 0.717) is 11.3 Å². The number of hydrogen-bond acceptors (Lipinski definition) is 3. The van der Waals surface area contributed by atoms with E-state index in [0.717, 1.165) is 27.6 Å². The summed E-state index contributed by atoms with van der Waals surface area (Å²) in [5.41, 5.74) is 1.67. The molecule has 1 aliphatic rings. The zero-order chi connectivity index (χ0) is 20.0. The molecule has 0 saturated carbocycles. The first-order valence-corrected chi connectivity index (χ1v) is 9.41. The number of hydrogen-bond donors (Lipinski definition) is 0. The first-order valence-electron chi connectivity index (χ1n) is 9.41. The summed E-state index contributed by atoms with van der Waals surface area (Å²) in [6.45, 7) is 2.06. The summed E-state index contributed by atoms with van der Waals surface area (Å²) in [4.78, 5) is 0. The molecule has 0 fully saturated rings. The lowest BCUT2D eigenvalue weighted by Gasteiger charge is -2.35. The molecule has 0 spiro atoms. The molecule has 0 radical (unpaired) electrons. The van der Waals surface area contributed by atoms with E-state index in [-0.39, 0.29) is 5.75 Å². The maximum Gasteiger partial charge on any atom is 0.210 e. The highest BCUT2D eigenvalue weighted by atomic mass is 19.1. The molecule has 0 N–H and O–H groups in total. The van der Waals surface area contributed by atoms with Gasteiger partial charge < -0.3 is 13.9 Å². The Hall–Kier alpha value is -3.53. The van der Waals surface area contributed by atoms with Gasteiger partial charge in [0.15, 0.2) is 17.3 Å². The number of aryl methyl sites for hydroxylation is 1. The molecule has 3 aromatic carbocycles. The van der Waals surface area contributed by atoms with E-state index in [1.165, 1.54) is 13.2 Å². The molecule has 2 heterocycles. The van der Waals surface area contributed by atoms with Gasteiger partial charge in [-0.2, -0.15) is 0 Å². The van der Waals surface area contributed by atoms with E-state index in [9.17, 15) is 4.39 Å². The third kappa shape index (κ3) is 2.64. The van der Waals surface area contributed by atoms with Crippen LogP contribution in [0.3, 0.4) is 0 Å². The Labute approximate surface area is 168 Å². The number of halogens is 1. The highest BCUT2D eigenvalue weighted by molar-refractivity contribution is 5.94. The fourth-order valence-corrected chi connectivity index (χ4v) is 3.99. The van der Waals surface area contributed by atoms with E-state index < -0.39 is 11.4 Å². The Morgan fingerprint density at radius 2 is 1.86 bits per heavy atom. The van der Waals surface area contributed by atoms with Gasteiger partial charge in [0.25, 0.3) is 0 Å². The van der Waals surface area contributed by atoms with E-state index in [2.05, 4.69) is 19.1 Å². The molecule has 0 amide bonds. The Balaban J connectivity index is 1.77. The number of furan rings is 1. The average Bonchev–Trinajstić information content (AvgIpc) is 3.29.